The molecule has 0 aromatic carbocycles. The smallest absolute Gasteiger partial charge is 0.338 e. The number of rotatable bonds is 6. The molecule has 1 saturated carbocycles. The van der Waals surface area contributed by atoms with Crippen LogP contribution in [0, 0.1) is 5.41 Å². The fourth-order valence-electron chi connectivity index (χ4n) is 2.10. The Hall–Kier alpha value is -2.08. The van der Waals surface area contributed by atoms with E-state index in [1.165, 1.54) is 23.6 Å². The molecule has 0 aliphatic heterocycles. The van der Waals surface area contributed by atoms with E-state index in [9.17, 15) is 4.79 Å². The molecule has 0 saturated heterocycles. The van der Waals surface area contributed by atoms with Crippen molar-refractivity contribution in [3.8, 4) is 11.6 Å². The fraction of sp³-hybridized carbons (Fsp3) is 0.400. The highest BCUT2D eigenvalue weighted by Gasteiger charge is 2.36. The summed E-state index contributed by atoms with van der Waals surface area (Å²) in [6.07, 6.45) is 6.89. The van der Waals surface area contributed by atoms with Crippen LogP contribution in [-0.4, -0.2) is 32.4 Å². The molecule has 0 atom stereocenters. The molecule has 0 radical (unpaired) electrons. The first-order valence-corrected chi connectivity index (χ1v) is 7.42. The quantitative estimate of drug-likeness (QED) is 0.827. The van der Waals surface area contributed by atoms with Crippen molar-refractivity contribution in [3.63, 3.8) is 0 Å². The number of hydrogen-bond acceptors (Lipinski definition) is 4. The number of halogens is 1. The maximum Gasteiger partial charge on any atom is 0.338 e. The topological polar surface area (TPSA) is 77.2 Å². The second kappa shape index (κ2) is 5.61. The summed E-state index contributed by atoms with van der Waals surface area (Å²) >= 11 is 5.86. The Morgan fingerprint density at radius 2 is 2.27 bits per heavy atom. The number of aromatic nitrogens is 3. The summed E-state index contributed by atoms with van der Waals surface area (Å²) in [6.45, 7) is 2.92. The van der Waals surface area contributed by atoms with Gasteiger partial charge in [-0.05, 0) is 36.8 Å². The van der Waals surface area contributed by atoms with Gasteiger partial charge in [-0.1, -0.05) is 18.5 Å². The van der Waals surface area contributed by atoms with Gasteiger partial charge in [-0.25, -0.2) is 14.5 Å². The van der Waals surface area contributed by atoms with Crippen molar-refractivity contribution in [2.24, 2.45) is 5.41 Å². The molecule has 6 nitrogen and oxygen atoms in total. The van der Waals surface area contributed by atoms with E-state index in [-0.39, 0.29) is 10.7 Å². The zero-order valence-corrected chi connectivity index (χ0v) is 12.9. The summed E-state index contributed by atoms with van der Waals surface area (Å²) in [5.74, 6) is -0.00871. The van der Waals surface area contributed by atoms with Crippen LogP contribution in [0.15, 0.2) is 24.5 Å². The second-order valence-electron chi connectivity index (χ2n) is 5.84. The molecule has 1 aliphatic carbocycles. The van der Waals surface area contributed by atoms with Gasteiger partial charge in [0.25, 0.3) is 0 Å². The Morgan fingerprint density at radius 3 is 2.91 bits per heavy atom. The number of carbonyl (C=O) groups is 1. The minimum absolute atomic E-state index is 0.0354. The third-order valence-corrected chi connectivity index (χ3v) is 4.22. The summed E-state index contributed by atoms with van der Waals surface area (Å²) in [6, 6.07) is 2.96. The Kier molecular flexibility index (Phi) is 3.78. The number of carboxylic acid groups (broad SMARTS) is 1. The van der Waals surface area contributed by atoms with E-state index < -0.39 is 5.97 Å². The van der Waals surface area contributed by atoms with Crippen molar-refractivity contribution in [1.82, 2.24) is 14.8 Å². The minimum atomic E-state index is -1.11. The van der Waals surface area contributed by atoms with Gasteiger partial charge >= 0.3 is 5.97 Å². The van der Waals surface area contributed by atoms with Crippen LogP contribution in [0.4, 0.5) is 0 Å². The van der Waals surface area contributed by atoms with Crippen LogP contribution in [0.3, 0.4) is 0 Å². The highest BCUT2D eigenvalue weighted by Crippen LogP contribution is 2.47. The first kappa shape index (κ1) is 14.8. The van der Waals surface area contributed by atoms with Gasteiger partial charge in [0.05, 0.1) is 24.6 Å². The van der Waals surface area contributed by atoms with Gasteiger partial charge in [0.2, 0.25) is 0 Å². The maximum atomic E-state index is 10.9. The Bertz CT molecular complexity index is 710. The molecule has 2 heterocycles. The minimum Gasteiger partial charge on any atom is -0.490 e. The van der Waals surface area contributed by atoms with Crippen LogP contribution in [0.1, 0.15) is 36.5 Å². The van der Waals surface area contributed by atoms with Gasteiger partial charge in [0.15, 0.2) is 11.6 Å². The standard InChI is InChI=1S/C15H16ClN3O3/c1-15(4-5-15)6-7-22-10-8-17-19(9-10)12-3-2-11(14(20)21)13(16)18-12/h2-3,8-9H,4-7H2,1H3,(H,20,21). The first-order chi connectivity index (χ1) is 10.5. The molecule has 0 unspecified atom stereocenters. The molecule has 22 heavy (non-hydrogen) atoms. The largest absolute Gasteiger partial charge is 0.490 e. The van der Waals surface area contributed by atoms with E-state index in [1.54, 1.807) is 18.5 Å². The summed E-state index contributed by atoms with van der Waals surface area (Å²) < 4.78 is 7.18. The molecule has 0 bridgehead atoms. The Balaban J connectivity index is 1.67. The number of nitrogens with zero attached hydrogens (tertiary/aromatic N) is 3. The predicted molar refractivity (Wildman–Crippen MR) is 80.8 cm³/mol. The van der Waals surface area contributed by atoms with Gasteiger partial charge in [0, 0.05) is 0 Å². The average molecular weight is 322 g/mol. The lowest BCUT2D eigenvalue weighted by Gasteiger charge is -2.08. The SMILES string of the molecule is CC1(CCOc2cnn(-c3ccc(C(=O)O)c(Cl)n3)c2)CC1. The van der Waals surface area contributed by atoms with Crippen LogP contribution in [0.2, 0.25) is 5.15 Å². The molecule has 1 aliphatic rings. The van der Waals surface area contributed by atoms with Crippen LogP contribution in [-0.2, 0) is 0 Å². The van der Waals surface area contributed by atoms with Crippen LogP contribution >= 0.6 is 11.6 Å². The number of ether oxygens (including phenoxy) is 1. The first-order valence-electron chi connectivity index (χ1n) is 7.05. The number of aromatic carboxylic acids is 1. The number of hydrogen-bond donors (Lipinski definition) is 1. The highest BCUT2D eigenvalue weighted by molar-refractivity contribution is 6.32. The Labute approximate surface area is 132 Å². The molecule has 1 N–H and O–H groups in total. The van der Waals surface area contributed by atoms with E-state index in [0.717, 1.165) is 6.42 Å². The lowest BCUT2D eigenvalue weighted by molar-refractivity contribution is 0.0696. The zero-order chi connectivity index (χ0) is 15.7. The molecule has 1 fully saturated rings. The second-order valence-corrected chi connectivity index (χ2v) is 6.20. The van der Waals surface area contributed by atoms with Crippen LogP contribution in [0.25, 0.3) is 5.82 Å². The fourth-order valence-corrected chi connectivity index (χ4v) is 2.33. The van der Waals surface area contributed by atoms with Gasteiger partial charge in [0.1, 0.15) is 5.15 Å². The van der Waals surface area contributed by atoms with E-state index in [4.69, 9.17) is 21.4 Å². The molecule has 0 amide bonds. The highest BCUT2D eigenvalue weighted by atomic mass is 35.5. The van der Waals surface area contributed by atoms with Gasteiger partial charge in [-0.2, -0.15) is 5.10 Å². The molecule has 2 aromatic heterocycles. The van der Waals surface area contributed by atoms with Gasteiger partial charge in [-0.3, -0.25) is 0 Å². The molecular weight excluding hydrogens is 306 g/mol. The van der Waals surface area contributed by atoms with Gasteiger partial charge in [-0.15, -0.1) is 0 Å². The van der Waals surface area contributed by atoms with Gasteiger partial charge < -0.3 is 9.84 Å². The third kappa shape index (κ3) is 3.22. The molecule has 3 rings (SSSR count). The summed E-state index contributed by atoms with van der Waals surface area (Å²) in [5.41, 5.74) is 0.421. The normalized spacial score (nSPS) is 15.5. The van der Waals surface area contributed by atoms with Crippen molar-refractivity contribution >= 4 is 17.6 Å². The summed E-state index contributed by atoms with van der Waals surface area (Å²) in [5, 5.41) is 13.0. The van der Waals surface area contributed by atoms with Crippen molar-refractivity contribution in [1.29, 1.82) is 0 Å². The molecule has 0 spiro atoms. The van der Waals surface area contributed by atoms with Crippen molar-refractivity contribution in [3.05, 3.63) is 35.2 Å². The molecule has 116 valence electrons. The third-order valence-electron chi connectivity index (χ3n) is 3.94. The number of pyridine rings is 1. The van der Waals surface area contributed by atoms with Crippen molar-refractivity contribution < 1.29 is 14.6 Å². The van der Waals surface area contributed by atoms with Crippen LogP contribution < -0.4 is 4.74 Å². The zero-order valence-electron chi connectivity index (χ0n) is 12.1. The Morgan fingerprint density at radius 1 is 1.50 bits per heavy atom. The molecule has 2 aromatic rings. The summed E-state index contributed by atoms with van der Waals surface area (Å²) in [7, 11) is 0. The van der Waals surface area contributed by atoms with E-state index in [0.29, 0.717) is 23.6 Å². The van der Waals surface area contributed by atoms with E-state index in [1.807, 2.05) is 0 Å². The van der Waals surface area contributed by atoms with Crippen molar-refractivity contribution in [2.75, 3.05) is 6.61 Å². The van der Waals surface area contributed by atoms with Crippen LogP contribution in [0.5, 0.6) is 5.75 Å². The molecular formula is C15H16ClN3O3. The lowest BCUT2D eigenvalue weighted by Crippen LogP contribution is -2.04. The van der Waals surface area contributed by atoms with Crippen molar-refractivity contribution in [2.45, 2.75) is 26.2 Å². The predicted octanol–water partition coefficient (Wildman–Crippen LogP) is 3.19. The summed E-state index contributed by atoms with van der Waals surface area (Å²) in [4.78, 5) is 14.9. The number of carboxylic acids is 1. The van der Waals surface area contributed by atoms with E-state index in [2.05, 4.69) is 17.0 Å². The lowest BCUT2D eigenvalue weighted by atomic mass is 10.1. The molecule has 7 heteroatoms. The maximum absolute atomic E-state index is 10.9. The monoisotopic (exact) mass is 321 g/mol. The van der Waals surface area contributed by atoms with E-state index >= 15 is 0 Å². The average Bonchev–Trinajstić information content (AvgIpc) is 3.01.